The van der Waals surface area contributed by atoms with E-state index in [0.717, 1.165) is 32.7 Å². The van der Waals surface area contributed by atoms with Crippen molar-refractivity contribution in [3.63, 3.8) is 0 Å². The van der Waals surface area contributed by atoms with E-state index < -0.39 is 10.0 Å². The van der Waals surface area contributed by atoms with Crippen LogP contribution in [0, 0.1) is 0 Å². The first kappa shape index (κ1) is 13.3. The van der Waals surface area contributed by atoms with E-state index in [1.807, 2.05) is 0 Å². The maximum Gasteiger partial charge on any atom is 0.211 e. The van der Waals surface area contributed by atoms with Gasteiger partial charge in [-0.05, 0) is 19.3 Å². The van der Waals surface area contributed by atoms with Gasteiger partial charge < -0.3 is 4.74 Å². The average molecular weight is 262 g/mol. The van der Waals surface area contributed by atoms with Crippen LogP contribution in [0.3, 0.4) is 0 Å². The fourth-order valence-corrected chi connectivity index (χ4v) is 3.31. The predicted octanol–water partition coefficient (Wildman–Crippen LogP) is 0.133. The van der Waals surface area contributed by atoms with Gasteiger partial charge in [0.05, 0.1) is 12.4 Å². The van der Waals surface area contributed by atoms with Crippen LogP contribution in [0.1, 0.15) is 19.3 Å². The molecular formula is C11H22N2O3S. The van der Waals surface area contributed by atoms with Gasteiger partial charge in [0, 0.05) is 39.3 Å². The van der Waals surface area contributed by atoms with Crippen LogP contribution in [0.2, 0.25) is 0 Å². The highest BCUT2D eigenvalue weighted by Gasteiger charge is 2.25. The Morgan fingerprint density at radius 3 is 2.41 bits per heavy atom. The van der Waals surface area contributed by atoms with Crippen molar-refractivity contribution in [2.24, 2.45) is 0 Å². The highest BCUT2D eigenvalue weighted by Crippen LogP contribution is 2.15. The minimum Gasteiger partial charge on any atom is -0.377 e. The quantitative estimate of drug-likeness (QED) is 0.725. The smallest absolute Gasteiger partial charge is 0.211 e. The lowest BCUT2D eigenvalue weighted by atomic mass is 10.1. The minimum atomic E-state index is -3.01. The normalized spacial score (nSPS) is 29.4. The molecule has 0 bridgehead atoms. The summed E-state index contributed by atoms with van der Waals surface area (Å²) < 4.78 is 30.0. The highest BCUT2D eigenvalue weighted by atomic mass is 32.2. The fourth-order valence-electron chi connectivity index (χ4n) is 2.48. The van der Waals surface area contributed by atoms with Crippen molar-refractivity contribution < 1.29 is 13.2 Å². The van der Waals surface area contributed by atoms with Gasteiger partial charge in [-0.15, -0.1) is 0 Å². The molecule has 2 aliphatic rings. The molecule has 0 saturated carbocycles. The summed E-state index contributed by atoms with van der Waals surface area (Å²) in [6.45, 7) is 4.72. The van der Waals surface area contributed by atoms with Crippen LogP contribution < -0.4 is 0 Å². The molecule has 1 atom stereocenters. The first-order chi connectivity index (χ1) is 8.05. The van der Waals surface area contributed by atoms with Crippen LogP contribution in [0.5, 0.6) is 0 Å². The van der Waals surface area contributed by atoms with E-state index in [4.69, 9.17) is 4.74 Å². The number of rotatable bonds is 3. The topological polar surface area (TPSA) is 49.9 Å². The SMILES string of the molecule is CS(=O)(=O)N1CCN(C[C@@H]2CCCCO2)CC1. The highest BCUT2D eigenvalue weighted by molar-refractivity contribution is 7.88. The van der Waals surface area contributed by atoms with E-state index in [1.165, 1.54) is 19.1 Å². The van der Waals surface area contributed by atoms with Gasteiger partial charge >= 0.3 is 0 Å². The number of hydrogen-bond donors (Lipinski definition) is 0. The number of hydrogen-bond acceptors (Lipinski definition) is 4. The Labute approximate surface area is 104 Å². The van der Waals surface area contributed by atoms with Crippen LogP contribution in [-0.4, -0.2) is 69.3 Å². The fraction of sp³-hybridized carbons (Fsp3) is 1.00. The Hall–Kier alpha value is -0.170. The summed E-state index contributed by atoms with van der Waals surface area (Å²) in [5, 5.41) is 0. The van der Waals surface area contributed by atoms with Crippen molar-refractivity contribution >= 4 is 10.0 Å². The van der Waals surface area contributed by atoms with Gasteiger partial charge in [0.15, 0.2) is 0 Å². The second-order valence-corrected chi connectivity index (χ2v) is 6.93. The minimum absolute atomic E-state index is 0.355. The third kappa shape index (κ3) is 3.91. The summed E-state index contributed by atoms with van der Waals surface area (Å²) in [6, 6.07) is 0. The summed E-state index contributed by atoms with van der Waals surface area (Å²) in [4.78, 5) is 2.32. The third-order valence-electron chi connectivity index (χ3n) is 3.54. The van der Waals surface area contributed by atoms with E-state index in [2.05, 4.69) is 4.90 Å². The molecule has 0 aromatic rings. The molecule has 0 aliphatic carbocycles. The number of piperazine rings is 1. The lowest BCUT2D eigenvalue weighted by Crippen LogP contribution is -2.50. The molecule has 17 heavy (non-hydrogen) atoms. The molecule has 2 aliphatic heterocycles. The van der Waals surface area contributed by atoms with Crippen molar-refractivity contribution in [3.05, 3.63) is 0 Å². The summed E-state index contributed by atoms with van der Waals surface area (Å²) in [7, 11) is -3.01. The van der Waals surface area contributed by atoms with Gasteiger partial charge in [-0.1, -0.05) is 0 Å². The molecular weight excluding hydrogens is 240 g/mol. The second-order valence-electron chi connectivity index (χ2n) is 4.95. The molecule has 100 valence electrons. The molecule has 0 N–H and O–H groups in total. The van der Waals surface area contributed by atoms with E-state index >= 15 is 0 Å². The second kappa shape index (κ2) is 5.65. The van der Waals surface area contributed by atoms with Gasteiger partial charge in [0.2, 0.25) is 10.0 Å². The van der Waals surface area contributed by atoms with Crippen LogP contribution in [0.15, 0.2) is 0 Å². The number of nitrogens with zero attached hydrogens (tertiary/aromatic N) is 2. The lowest BCUT2D eigenvalue weighted by Gasteiger charge is -2.36. The zero-order valence-electron chi connectivity index (χ0n) is 10.5. The average Bonchev–Trinajstić information content (AvgIpc) is 2.30. The Bertz CT molecular complexity index is 331. The molecule has 2 fully saturated rings. The Balaban J connectivity index is 1.75. The molecule has 6 heteroatoms. The van der Waals surface area contributed by atoms with Crippen molar-refractivity contribution in [1.29, 1.82) is 0 Å². The molecule has 0 aromatic carbocycles. The maximum absolute atomic E-state index is 11.4. The van der Waals surface area contributed by atoms with E-state index in [-0.39, 0.29) is 0 Å². The Morgan fingerprint density at radius 2 is 1.88 bits per heavy atom. The van der Waals surface area contributed by atoms with Crippen LogP contribution in [0.25, 0.3) is 0 Å². The largest absolute Gasteiger partial charge is 0.377 e. The summed E-state index contributed by atoms with van der Waals surface area (Å²) >= 11 is 0. The van der Waals surface area contributed by atoms with Crippen molar-refractivity contribution in [1.82, 2.24) is 9.21 Å². The standard InChI is InChI=1S/C11H22N2O3S/c1-17(14,15)13-7-5-12(6-8-13)10-11-4-2-3-9-16-11/h11H,2-10H2,1H3/t11-/m0/s1. The van der Waals surface area contributed by atoms with E-state index in [9.17, 15) is 8.42 Å². The molecule has 2 saturated heterocycles. The summed E-state index contributed by atoms with van der Waals surface area (Å²) in [5.74, 6) is 0. The molecule has 0 amide bonds. The Morgan fingerprint density at radius 1 is 1.18 bits per heavy atom. The number of ether oxygens (including phenoxy) is 1. The van der Waals surface area contributed by atoms with Gasteiger partial charge in [-0.3, -0.25) is 4.90 Å². The van der Waals surface area contributed by atoms with Crippen molar-refractivity contribution in [3.8, 4) is 0 Å². The van der Waals surface area contributed by atoms with Gasteiger partial charge in [0.1, 0.15) is 0 Å². The van der Waals surface area contributed by atoms with E-state index in [1.54, 1.807) is 4.31 Å². The monoisotopic (exact) mass is 262 g/mol. The molecule has 5 nitrogen and oxygen atoms in total. The summed E-state index contributed by atoms with van der Waals surface area (Å²) in [5.41, 5.74) is 0. The van der Waals surface area contributed by atoms with Crippen LogP contribution in [0.4, 0.5) is 0 Å². The lowest BCUT2D eigenvalue weighted by molar-refractivity contribution is -0.0102. The van der Waals surface area contributed by atoms with Gasteiger partial charge in [-0.25, -0.2) is 8.42 Å². The molecule has 2 rings (SSSR count). The van der Waals surface area contributed by atoms with Crippen molar-refractivity contribution in [2.75, 3.05) is 45.6 Å². The molecule has 0 spiro atoms. The molecule has 0 radical (unpaired) electrons. The third-order valence-corrected chi connectivity index (χ3v) is 4.84. The first-order valence-electron chi connectivity index (χ1n) is 6.35. The van der Waals surface area contributed by atoms with Crippen molar-refractivity contribution in [2.45, 2.75) is 25.4 Å². The molecule has 2 heterocycles. The maximum atomic E-state index is 11.4. The first-order valence-corrected chi connectivity index (χ1v) is 8.19. The van der Waals surface area contributed by atoms with Gasteiger partial charge in [0.25, 0.3) is 0 Å². The van der Waals surface area contributed by atoms with Crippen LogP contribution >= 0.6 is 0 Å². The molecule has 0 unspecified atom stereocenters. The Kier molecular flexibility index (Phi) is 4.41. The zero-order valence-corrected chi connectivity index (χ0v) is 11.3. The molecule has 0 aromatic heterocycles. The van der Waals surface area contributed by atoms with Crippen LogP contribution in [-0.2, 0) is 14.8 Å². The van der Waals surface area contributed by atoms with E-state index in [0.29, 0.717) is 19.2 Å². The number of sulfonamides is 1. The summed E-state index contributed by atoms with van der Waals surface area (Å²) in [6.07, 6.45) is 5.22. The zero-order chi connectivity index (χ0) is 12.3. The van der Waals surface area contributed by atoms with Gasteiger partial charge in [-0.2, -0.15) is 4.31 Å². The predicted molar refractivity (Wildman–Crippen MR) is 66.4 cm³/mol.